The summed E-state index contributed by atoms with van der Waals surface area (Å²) in [4.78, 5) is 12.4. The number of carbonyl (C=O) groups is 1. The first-order valence-corrected chi connectivity index (χ1v) is 7.40. The fourth-order valence-corrected chi connectivity index (χ4v) is 2.92. The van der Waals surface area contributed by atoms with Crippen molar-refractivity contribution < 1.29 is 4.79 Å². The van der Waals surface area contributed by atoms with Gasteiger partial charge in [-0.25, -0.2) is 0 Å². The van der Waals surface area contributed by atoms with Gasteiger partial charge in [-0.3, -0.25) is 4.79 Å². The summed E-state index contributed by atoms with van der Waals surface area (Å²) in [5.41, 5.74) is 1.26. The van der Waals surface area contributed by atoms with Gasteiger partial charge in [0.05, 0.1) is 6.04 Å². The first kappa shape index (κ1) is 15.3. The molecule has 2 aliphatic rings. The number of rotatable bonds is 4. The summed E-state index contributed by atoms with van der Waals surface area (Å²) < 4.78 is 0. The molecule has 20 heavy (non-hydrogen) atoms. The average molecular weight is 295 g/mol. The monoisotopic (exact) mass is 294 g/mol. The summed E-state index contributed by atoms with van der Waals surface area (Å²) in [5, 5.41) is 6.61. The fraction of sp³-hybridized carbons (Fsp3) is 0.562. The number of nitrogens with one attached hydrogen (secondary N) is 2. The van der Waals surface area contributed by atoms with E-state index in [4.69, 9.17) is 0 Å². The van der Waals surface area contributed by atoms with Gasteiger partial charge in [0.25, 0.3) is 0 Å². The van der Waals surface area contributed by atoms with Gasteiger partial charge < -0.3 is 10.6 Å². The highest BCUT2D eigenvalue weighted by molar-refractivity contribution is 5.85. The van der Waals surface area contributed by atoms with E-state index in [-0.39, 0.29) is 30.3 Å². The van der Waals surface area contributed by atoms with Crippen molar-refractivity contribution in [3.8, 4) is 0 Å². The summed E-state index contributed by atoms with van der Waals surface area (Å²) in [6.07, 6.45) is 4.42. The first-order valence-electron chi connectivity index (χ1n) is 7.40. The van der Waals surface area contributed by atoms with Gasteiger partial charge in [0, 0.05) is 5.92 Å². The molecule has 1 aliphatic carbocycles. The molecule has 0 spiro atoms. The molecule has 2 fully saturated rings. The van der Waals surface area contributed by atoms with Crippen molar-refractivity contribution in [2.45, 2.75) is 31.7 Å². The number of hydrogen-bond acceptors (Lipinski definition) is 2. The predicted octanol–water partition coefficient (Wildman–Crippen LogP) is 2.68. The molecule has 1 aliphatic heterocycles. The maximum atomic E-state index is 12.4. The first-order chi connectivity index (χ1) is 9.34. The van der Waals surface area contributed by atoms with Crippen LogP contribution in [0.4, 0.5) is 0 Å². The normalized spacial score (nSPS) is 20.8. The van der Waals surface area contributed by atoms with Gasteiger partial charge >= 0.3 is 0 Å². The second-order valence-electron chi connectivity index (χ2n) is 5.76. The van der Waals surface area contributed by atoms with E-state index in [1.165, 1.54) is 18.4 Å². The average Bonchev–Trinajstić information content (AvgIpc) is 3.31. The number of benzene rings is 1. The molecule has 1 atom stereocenters. The van der Waals surface area contributed by atoms with Gasteiger partial charge in [0.1, 0.15) is 0 Å². The van der Waals surface area contributed by atoms with E-state index in [1.807, 2.05) is 6.07 Å². The van der Waals surface area contributed by atoms with E-state index < -0.39 is 0 Å². The maximum Gasteiger partial charge on any atom is 0.223 e. The topological polar surface area (TPSA) is 41.1 Å². The van der Waals surface area contributed by atoms with Crippen LogP contribution in [0.1, 0.15) is 37.3 Å². The smallest absolute Gasteiger partial charge is 0.223 e. The lowest BCUT2D eigenvalue weighted by Gasteiger charge is -2.25. The number of amides is 1. The molecule has 4 heteroatoms. The number of carbonyl (C=O) groups excluding carboxylic acids is 1. The summed E-state index contributed by atoms with van der Waals surface area (Å²) in [5.74, 6) is 1.10. The van der Waals surface area contributed by atoms with Crippen molar-refractivity contribution in [3.05, 3.63) is 35.9 Å². The lowest BCUT2D eigenvalue weighted by molar-refractivity contribution is -0.126. The Bertz CT molecular complexity index is 427. The SMILES string of the molecule is Cl.O=C(NC(c1ccccc1)C1CC1)C1CCNCC1. The standard InChI is InChI=1S/C16H22N2O.ClH/c19-16(14-8-10-17-11-9-14)18-15(13-6-7-13)12-4-2-1-3-5-12;/h1-5,13-15,17H,6-11H2,(H,18,19);1H. The van der Waals surface area contributed by atoms with Crippen LogP contribution in [0.3, 0.4) is 0 Å². The molecule has 0 bridgehead atoms. The Balaban J connectivity index is 0.00000147. The van der Waals surface area contributed by atoms with Gasteiger partial charge in [-0.1, -0.05) is 30.3 Å². The highest BCUT2D eigenvalue weighted by atomic mass is 35.5. The van der Waals surface area contributed by atoms with E-state index in [2.05, 4.69) is 34.9 Å². The van der Waals surface area contributed by atoms with E-state index in [1.54, 1.807) is 0 Å². The van der Waals surface area contributed by atoms with Crippen LogP contribution in [-0.2, 0) is 4.79 Å². The predicted molar refractivity (Wildman–Crippen MR) is 82.9 cm³/mol. The van der Waals surface area contributed by atoms with Gasteiger partial charge in [0.15, 0.2) is 0 Å². The van der Waals surface area contributed by atoms with E-state index in [9.17, 15) is 4.79 Å². The van der Waals surface area contributed by atoms with E-state index in [0.29, 0.717) is 5.92 Å². The fourth-order valence-electron chi connectivity index (χ4n) is 2.92. The summed E-state index contributed by atoms with van der Waals surface area (Å²) in [7, 11) is 0. The molecule has 1 saturated heterocycles. The Hall–Kier alpha value is -1.06. The Morgan fingerprint density at radius 2 is 1.75 bits per heavy atom. The Labute approximate surface area is 126 Å². The van der Waals surface area contributed by atoms with Gasteiger partial charge in [-0.05, 0) is 50.3 Å². The highest BCUT2D eigenvalue weighted by Gasteiger charge is 2.34. The molecule has 0 aromatic heterocycles. The third kappa shape index (κ3) is 3.74. The minimum absolute atomic E-state index is 0. The molecule has 3 rings (SSSR count). The zero-order chi connectivity index (χ0) is 13.1. The van der Waals surface area contributed by atoms with E-state index in [0.717, 1.165) is 25.9 Å². The number of halogens is 1. The minimum atomic E-state index is 0. The minimum Gasteiger partial charge on any atom is -0.349 e. The van der Waals surface area contributed by atoms with Gasteiger partial charge in [-0.2, -0.15) is 0 Å². The van der Waals surface area contributed by atoms with Crippen LogP contribution < -0.4 is 10.6 Å². The van der Waals surface area contributed by atoms with Crippen LogP contribution in [0.15, 0.2) is 30.3 Å². The van der Waals surface area contributed by atoms with Crippen molar-refractivity contribution in [3.63, 3.8) is 0 Å². The highest BCUT2D eigenvalue weighted by Crippen LogP contribution is 2.41. The van der Waals surface area contributed by atoms with Crippen LogP contribution in [0.5, 0.6) is 0 Å². The summed E-state index contributed by atoms with van der Waals surface area (Å²) >= 11 is 0. The van der Waals surface area contributed by atoms with Crippen molar-refractivity contribution in [2.75, 3.05) is 13.1 Å². The van der Waals surface area contributed by atoms with E-state index >= 15 is 0 Å². The van der Waals surface area contributed by atoms with Crippen LogP contribution in [0, 0.1) is 11.8 Å². The van der Waals surface area contributed by atoms with Crippen LogP contribution in [0.25, 0.3) is 0 Å². The third-order valence-corrected chi connectivity index (χ3v) is 4.26. The van der Waals surface area contributed by atoms with Crippen LogP contribution >= 0.6 is 12.4 Å². The van der Waals surface area contributed by atoms with Crippen molar-refractivity contribution >= 4 is 18.3 Å². The molecule has 110 valence electrons. The molecule has 1 heterocycles. The summed E-state index contributed by atoms with van der Waals surface area (Å²) in [6, 6.07) is 10.6. The van der Waals surface area contributed by atoms with Crippen molar-refractivity contribution in [2.24, 2.45) is 11.8 Å². The molecule has 1 aromatic rings. The second kappa shape index (κ2) is 7.09. The maximum absolute atomic E-state index is 12.4. The molecule has 1 saturated carbocycles. The molecule has 1 unspecified atom stereocenters. The van der Waals surface area contributed by atoms with Crippen LogP contribution in [0.2, 0.25) is 0 Å². The lowest BCUT2D eigenvalue weighted by Crippen LogP contribution is -2.40. The largest absolute Gasteiger partial charge is 0.349 e. The Morgan fingerprint density at radius 3 is 2.35 bits per heavy atom. The molecule has 0 radical (unpaired) electrons. The molecule has 1 amide bonds. The lowest BCUT2D eigenvalue weighted by atomic mass is 9.95. The van der Waals surface area contributed by atoms with Gasteiger partial charge in [-0.15, -0.1) is 12.4 Å². The zero-order valence-corrected chi connectivity index (χ0v) is 12.5. The molecular formula is C16H23ClN2O. The number of hydrogen-bond donors (Lipinski definition) is 2. The van der Waals surface area contributed by atoms with Crippen molar-refractivity contribution in [1.29, 1.82) is 0 Å². The van der Waals surface area contributed by atoms with Crippen LogP contribution in [-0.4, -0.2) is 19.0 Å². The molecule has 3 nitrogen and oxygen atoms in total. The Morgan fingerprint density at radius 1 is 1.10 bits per heavy atom. The molecule has 1 aromatic carbocycles. The molecular weight excluding hydrogens is 272 g/mol. The summed E-state index contributed by atoms with van der Waals surface area (Å²) in [6.45, 7) is 1.94. The quantitative estimate of drug-likeness (QED) is 0.896. The second-order valence-corrected chi connectivity index (χ2v) is 5.76. The zero-order valence-electron chi connectivity index (χ0n) is 11.7. The molecule has 2 N–H and O–H groups in total. The third-order valence-electron chi connectivity index (χ3n) is 4.26. The number of piperidine rings is 1. The van der Waals surface area contributed by atoms with Gasteiger partial charge in [0.2, 0.25) is 5.91 Å². The van der Waals surface area contributed by atoms with Crippen molar-refractivity contribution in [1.82, 2.24) is 10.6 Å². The Kier molecular flexibility index (Phi) is 5.44.